The summed E-state index contributed by atoms with van der Waals surface area (Å²) in [6, 6.07) is 8.03. The number of anilines is 1. The lowest BCUT2D eigenvalue weighted by atomic mass is 10.1. The zero-order valence-electron chi connectivity index (χ0n) is 11.5. The Hall–Kier alpha value is -1.02. The molecule has 0 aromatic heterocycles. The number of likely N-dealkylation sites (tertiary alicyclic amines) is 1. The van der Waals surface area contributed by atoms with Crippen molar-refractivity contribution in [3.63, 3.8) is 0 Å². The number of hydrogen-bond acceptors (Lipinski definition) is 2. The molecule has 2 rings (SSSR count). The van der Waals surface area contributed by atoms with Crippen LogP contribution in [0.1, 0.15) is 31.4 Å². The summed E-state index contributed by atoms with van der Waals surface area (Å²) in [6.07, 6.45) is 2.36. The first-order valence-corrected chi connectivity index (χ1v) is 6.66. The molecule has 0 amide bonds. The van der Waals surface area contributed by atoms with Crippen LogP contribution >= 0.6 is 0 Å². The number of nitrogens with one attached hydrogen (secondary N) is 1. The molecule has 0 bridgehead atoms. The Bertz CT molecular complexity index is 377. The first kappa shape index (κ1) is 12.4. The molecule has 2 atom stereocenters. The summed E-state index contributed by atoms with van der Waals surface area (Å²) in [4.78, 5) is 2.42. The van der Waals surface area contributed by atoms with Gasteiger partial charge in [0, 0.05) is 24.3 Å². The molecule has 17 heavy (non-hydrogen) atoms. The minimum atomic E-state index is 0.599. The van der Waals surface area contributed by atoms with Crippen molar-refractivity contribution in [3.05, 3.63) is 29.3 Å². The number of nitrogens with zero attached hydrogens (tertiary/aromatic N) is 1. The van der Waals surface area contributed by atoms with Gasteiger partial charge in [0.25, 0.3) is 0 Å². The fraction of sp³-hybridized carbons (Fsp3) is 0.600. The second-order valence-corrected chi connectivity index (χ2v) is 5.36. The van der Waals surface area contributed by atoms with Gasteiger partial charge in [-0.2, -0.15) is 0 Å². The van der Waals surface area contributed by atoms with Crippen molar-refractivity contribution < 1.29 is 0 Å². The predicted octanol–water partition coefficient (Wildman–Crippen LogP) is 3.06. The van der Waals surface area contributed by atoms with Crippen molar-refractivity contribution in [1.29, 1.82) is 0 Å². The third-order valence-corrected chi connectivity index (χ3v) is 3.99. The minimum Gasteiger partial charge on any atom is -0.381 e. The van der Waals surface area contributed by atoms with E-state index in [4.69, 9.17) is 0 Å². The Morgan fingerprint density at radius 1 is 1.41 bits per heavy atom. The molecule has 0 radical (unpaired) electrons. The van der Waals surface area contributed by atoms with E-state index in [1.807, 2.05) is 0 Å². The van der Waals surface area contributed by atoms with Crippen molar-refractivity contribution in [3.8, 4) is 0 Å². The molecule has 2 unspecified atom stereocenters. The maximum Gasteiger partial charge on any atom is 0.0403 e. The van der Waals surface area contributed by atoms with Crippen LogP contribution in [-0.2, 0) is 6.42 Å². The quantitative estimate of drug-likeness (QED) is 0.861. The molecule has 2 nitrogen and oxygen atoms in total. The molecule has 1 aromatic carbocycles. The SMILES string of the molecule is CCc1cc(NC2CC(C)N(C)C2)ccc1C. The first-order chi connectivity index (χ1) is 8.10. The average Bonchev–Trinajstić information content (AvgIpc) is 2.61. The van der Waals surface area contributed by atoms with Crippen LogP contribution in [-0.4, -0.2) is 30.6 Å². The molecule has 1 aliphatic heterocycles. The highest BCUT2D eigenvalue weighted by molar-refractivity contribution is 5.49. The lowest BCUT2D eigenvalue weighted by Gasteiger charge is -2.15. The van der Waals surface area contributed by atoms with Crippen LogP contribution in [0, 0.1) is 6.92 Å². The van der Waals surface area contributed by atoms with E-state index in [9.17, 15) is 0 Å². The average molecular weight is 232 g/mol. The van der Waals surface area contributed by atoms with Crippen LogP contribution in [0.25, 0.3) is 0 Å². The van der Waals surface area contributed by atoms with Gasteiger partial charge in [-0.15, -0.1) is 0 Å². The molecular weight excluding hydrogens is 208 g/mol. The third-order valence-electron chi connectivity index (χ3n) is 3.99. The molecule has 1 saturated heterocycles. The molecule has 1 aromatic rings. The van der Waals surface area contributed by atoms with Gasteiger partial charge in [0.2, 0.25) is 0 Å². The molecule has 1 fully saturated rings. The smallest absolute Gasteiger partial charge is 0.0403 e. The Morgan fingerprint density at radius 2 is 2.18 bits per heavy atom. The van der Waals surface area contributed by atoms with Crippen LogP contribution in [0.4, 0.5) is 5.69 Å². The molecule has 1 heterocycles. The zero-order chi connectivity index (χ0) is 12.4. The number of likely N-dealkylation sites (N-methyl/N-ethyl adjacent to an activating group) is 1. The van der Waals surface area contributed by atoms with E-state index in [0.717, 1.165) is 13.0 Å². The monoisotopic (exact) mass is 232 g/mol. The highest BCUT2D eigenvalue weighted by Gasteiger charge is 2.25. The number of rotatable bonds is 3. The summed E-state index contributed by atoms with van der Waals surface area (Å²) >= 11 is 0. The van der Waals surface area contributed by atoms with E-state index in [1.165, 1.54) is 23.2 Å². The van der Waals surface area contributed by atoms with Gasteiger partial charge < -0.3 is 10.2 Å². The molecule has 0 saturated carbocycles. The minimum absolute atomic E-state index is 0.599. The van der Waals surface area contributed by atoms with Crippen LogP contribution in [0.15, 0.2) is 18.2 Å². The van der Waals surface area contributed by atoms with Gasteiger partial charge in [-0.1, -0.05) is 13.0 Å². The van der Waals surface area contributed by atoms with Crippen LogP contribution < -0.4 is 5.32 Å². The fourth-order valence-electron chi connectivity index (χ4n) is 2.68. The summed E-state index contributed by atoms with van der Waals surface area (Å²) in [6.45, 7) is 7.86. The van der Waals surface area contributed by atoms with E-state index in [-0.39, 0.29) is 0 Å². The van der Waals surface area contributed by atoms with Crippen LogP contribution in [0.3, 0.4) is 0 Å². The summed E-state index contributed by atoms with van der Waals surface area (Å²) < 4.78 is 0. The normalized spacial score (nSPS) is 25.2. The van der Waals surface area contributed by atoms with Gasteiger partial charge in [0.05, 0.1) is 0 Å². The van der Waals surface area contributed by atoms with E-state index < -0.39 is 0 Å². The van der Waals surface area contributed by atoms with E-state index >= 15 is 0 Å². The topological polar surface area (TPSA) is 15.3 Å². The Balaban J connectivity index is 2.04. The van der Waals surface area contributed by atoms with Gasteiger partial charge in [-0.25, -0.2) is 0 Å². The number of aryl methyl sites for hydroxylation is 2. The third kappa shape index (κ3) is 2.81. The van der Waals surface area contributed by atoms with E-state index in [2.05, 4.69) is 56.2 Å². The molecule has 2 heteroatoms. The standard InChI is InChI=1S/C15H24N2/c1-5-13-9-14(7-6-11(13)2)16-15-8-12(3)17(4)10-15/h6-7,9,12,15-16H,5,8,10H2,1-4H3. The highest BCUT2D eigenvalue weighted by Crippen LogP contribution is 2.21. The van der Waals surface area contributed by atoms with E-state index in [0.29, 0.717) is 12.1 Å². The van der Waals surface area contributed by atoms with Gasteiger partial charge >= 0.3 is 0 Å². The summed E-state index contributed by atoms with van der Waals surface area (Å²) in [5.74, 6) is 0. The number of hydrogen-bond donors (Lipinski definition) is 1. The molecular formula is C15H24N2. The van der Waals surface area contributed by atoms with Crippen molar-refractivity contribution in [1.82, 2.24) is 4.90 Å². The molecule has 0 spiro atoms. The summed E-state index contributed by atoms with van der Waals surface area (Å²) in [7, 11) is 2.21. The fourth-order valence-corrected chi connectivity index (χ4v) is 2.68. The highest BCUT2D eigenvalue weighted by atomic mass is 15.2. The van der Waals surface area contributed by atoms with Gasteiger partial charge in [-0.05, 0) is 57.0 Å². The lowest BCUT2D eigenvalue weighted by Crippen LogP contribution is -2.24. The first-order valence-electron chi connectivity index (χ1n) is 6.66. The zero-order valence-corrected chi connectivity index (χ0v) is 11.5. The van der Waals surface area contributed by atoms with Crippen LogP contribution in [0.5, 0.6) is 0 Å². The maximum absolute atomic E-state index is 3.66. The van der Waals surface area contributed by atoms with E-state index in [1.54, 1.807) is 0 Å². The molecule has 1 N–H and O–H groups in total. The number of benzene rings is 1. The van der Waals surface area contributed by atoms with Crippen molar-refractivity contribution in [2.24, 2.45) is 0 Å². The van der Waals surface area contributed by atoms with Crippen molar-refractivity contribution in [2.75, 3.05) is 18.9 Å². The summed E-state index contributed by atoms with van der Waals surface area (Å²) in [5.41, 5.74) is 4.13. The van der Waals surface area contributed by atoms with Gasteiger partial charge in [0.1, 0.15) is 0 Å². The Kier molecular flexibility index (Phi) is 3.72. The largest absolute Gasteiger partial charge is 0.381 e. The lowest BCUT2D eigenvalue weighted by molar-refractivity contribution is 0.330. The van der Waals surface area contributed by atoms with Gasteiger partial charge in [-0.3, -0.25) is 0 Å². The Morgan fingerprint density at radius 3 is 2.76 bits per heavy atom. The van der Waals surface area contributed by atoms with Crippen molar-refractivity contribution in [2.45, 2.75) is 45.7 Å². The summed E-state index contributed by atoms with van der Waals surface area (Å²) in [5, 5.41) is 3.66. The molecule has 0 aliphatic carbocycles. The van der Waals surface area contributed by atoms with Crippen LogP contribution in [0.2, 0.25) is 0 Å². The Labute approximate surface area is 105 Å². The maximum atomic E-state index is 3.66. The second kappa shape index (κ2) is 5.09. The predicted molar refractivity (Wildman–Crippen MR) is 74.7 cm³/mol. The molecule has 94 valence electrons. The molecule has 1 aliphatic rings. The second-order valence-electron chi connectivity index (χ2n) is 5.36. The van der Waals surface area contributed by atoms with Crippen molar-refractivity contribution >= 4 is 5.69 Å². The van der Waals surface area contributed by atoms with Gasteiger partial charge in [0.15, 0.2) is 0 Å².